The Kier molecular flexibility index (Phi) is 2.42. The fourth-order valence-electron chi connectivity index (χ4n) is 0.671. The molecule has 0 radical (unpaired) electrons. The van der Waals surface area contributed by atoms with Crippen LogP contribution in [0, 0.1) is 6.57 Å². The highest BCUT2D eigenvalue weighted by Crippen LogP contribution is 2.25. The Balaban J connectivity index is 3.23. The van der Waals surface area contributed by atoms with Crippen molar-refractivity contribution in [2.24, 2.45) is 0 Å². The van der Waals surface area contributed by atoms with Crippen LogP contribution in [-0.4, -0.2) is 10.1 Å². The zero-order chi connectivity index (χ0) is 8.27. The molecule has 0 saturated carbocycles. The van der Waals surface area contributed by atoms with Gasteiger partial charge in [0.1, 0.15) is 6.20 Å². The monoisotopic (exact) mass is 168 g/mol. The van der Waals surface area contributed by atoms with E-state index in [1.54, 1.807) is 6.07 Å². The summed E-state index contributed by atoms with van der Waals surface area (Å²) >= 11 is 5.67. The lowest BCUT2D eigenvalue weighted by Crippen LogP contribution is -1.85. The number of hydrogen-bond acceptors (Lipinski definition) is 2. The summed E-state index contributed by atoms with van der Waals surface area (Å²) in [6.07, 6.45) is 1.45. The molecule has 1 N–H and O–H groups in total. The highest BCUT2D eigenvalue weighted by Gasteiger charge is 2.05. The first kappa shape index (κ1) is 7.99. The van der Waals surface area contributed by atoms with Crippen molar-refractivity contribution < 1.29 is 5.11 Å². The molecule has 4 heteroatoms. The van der Waals surface area contributed by atoms with E-state index >= 15 is 0 Å². The first-order chi connectivity index (χ1) is 5.29. The van der Waals surface area contributed by atoms with Crippen molar-refractivity contribution in [3.63, 3.8) is 0 Å². The van der Waals surface area contributed by atoms with Crippen LogP contribution in [0.1, 0.15) is 5.56 Å². The highest BCUT2D eigenvalue weighted by molar-refractivity contribution is 6.33. The van der Waals surface area contributed by atoms with Crippen LogP contribution in [0.25, 0.3) is 4.85 Å². The summed E-state index contributed by atoms with van der Waals surface area (Å²) < 4.78 is 0. The molecule has 1 aromatic heterocycles. The number of nitrogens with zero attached hydrogens (tertiary/aromatic N) is 2. The van der Waals surface area contributed by atoms with Crippen LogP contribution in [0.2, 0.25) is 5.02 Å². The van der Waals surface area contributed by atoms with Crippen LogP contribution >= 0.6 is 11.6 Å². The van der Waals surface area contributed by atoms with Crippen molar-refractivity contribution >= 4 is 17.4 Å². The highest BCUT2D eigenvalue weighted by atomic mass is 35.5. The van der Waals surface area contributed by atoms with Crippen LogP contribution in [-0.2, 0) is 6.61 Å². The van der Waals surface area contributed by atoms with Gasteiger partial charge in [-0.3, -0.25) is 0 Å². The molecule has 0 unspecified atom stereocenters. The Bertz CT molecular complexity index is 306. The van der Waals surface area contributed by atoms with E-state index in [-0.39, 0.29) is 17.4 Å². The van der Waals surface area contributed by atoms with Crippen molar-refractivity contribution in [1.82, 2.24) is 4.98 Å². The SMILES string of the molecule is [C-]#[N+]c1nccc(CO)c1Cl. The lowest BCUT2D eigenvalue weighted by Gasteiger charge is -1.98. The predicted molar refractivity (Wildman–Crippen MR) is 41.4 cm³/mol. The van der Waals surface area contributed by atoms with Crippen molar-refractivity contribution in [2.75, 3.05) is 0 Å². The van der Waals surface area contributed by atoms with E-state index in [1.807, 2.05) is 0 Å². The smallest absolute Gasteiger partial charge is 0.288 e. The minimum absolute atomic E-state index is 0.137. The van der Waals surface area contributed by atoms with Gasteiger partial charge in [0.15, 0.2) is 0 Å². The number of aromatic nitrogens is 1. The minimum Gasteiger partial charge on any atom is -0.392 e. The third kappa shape index (κ3) is 1.48. The van der Waals surface area contributed by atoms with Crippen molar-refractivity contribution in [3.8, 4) is 0 Å². The molecule has 11 heavy (non-hydrogen) atoms. The zero-order valence-electron chi connectivity index (χ0n) is 5.58. The summed E-state index contributed by atoms with van der Waals surface area (Å²) in [5.74, 6) is 0.137. The fraction of sp³-hybridized carbons (Fsp3) is 0.143. The van der Waals surface area contributed by atoms with Crippen molar-refractivity contribution in [1.29, 1.82) is 0 Å². The minimum atomic E-state index is -0.163. The van der Waals surface area contributed by atoms with Gasteiger partial charge in [-0.25, -0.2) is 0 Å². The van der Waals surface area contributed by atoms with Crippen molar-refractivity contribution in [2.45, 2.75) is 6.61 Å². The van der Waals surface area contributed by atoms with Gasteiger partial charge in [-0.1, -0.05) is 18.2 Å². The number of aliphatic hydroxyl groups is 1. The molecule has 3 nitrogen and oxygen atoms in total. The lowest BCUT2D eigenvalue weighted by molar-refractivity contribution is 0.282. The molecule has 0 fully saturated rings. The van der Waals surface area contributed by atoms with E-state index in [2.05, 4.69) is 9.83 Å². The maximum atomic E-state index is 8.72. The molecule has 1 heterocycles. The van der Waals surface area contributed by atoms with E-state index in [9.17, 15) is 0 Å². The van der Waals surface area contributed by atoms with Gasteiger partial charge in [-0.2, -0.15) is 0 Å². The average molecular weight is 169 g/mol. The molecule has 0 atom stereocenters. The average Bonchev–Trinajstić information content (AvgIpc) is 2.05. The second-order valence-electron chi connectivity index (χ2n) is 1.88. The van der Waals surface area contributed by atoms with Gasteiger partial charge in [0, 0.05) is 0 Å². The third-order valence-corrected chi connectivity index (χ3v) is 1.64. The largest absolute Gasteiger partial charge is 0.392 e. The summed E-state index contributed by atoms with van der Waals surface area (Å²) in [4.78, 5) is 6.78. The van der Waals surface area contributed by atoms with E-state index in [0.29, 0.717) is 5.56 Å². The van der Waals surface area contributed by atoms with Gasteiger partial charge in [0.2, 0.25) is 0 Å². The maximum absolute atomic E-state index is 8.72. The fourth-order valence-corrected chi connectivity index (χ4v) is 0.885. The summed E-state index contributed by atoms with van der Waals surface area (Å²) in [6.45, 7) is 6.49. The van der Waals surface area contributed by atoms with Gasteiger partial charge in [-0.15, -0.1) is 4.98 Å². The molecule has 56 valence electrons. The van der Waals surface area contributed by atoms with Crippen LogP contribution in [0.15, 0.2) is 12.3 Å². The van der Waals surface area contributed by atoms with Crippen LogP contribution in [0.4, 0.5) is 5.82 Å². The molecule has 0 spiro atoms. The molecule has 0 aliphatic carbocycles. The Hall–Kier alpha value is -1.11. The molecule has 0 aromatic carbocycles. The Morgan fingerprint density at radius 3 is 3.00 bits per heavy atom. The lowest BCUT2D eigenvalue weighted by atomic mass is 10.3. The van der Waals surface area contributed by atoms with Gasteiger partial charge in [-0.05, 0) is 11.6 Å². The molecule has 1 rings (SSSR count). The van der Waals surface area contributed by atoms with E-state index < -0.39 is 0 Å². The first-order valence-electron chi connectivity index (χ1n) is 2.91. The summed E-state index contributed by atoms with van der Waals surface area (Å²) in [5, 5.41) is 8.96. The van der Waals surface area contributed by atoms with Gasteiger partial charge in [0.05, 0.1) is 11.6 Å². The number of aliphatic hydroxyl groups excluding tert-OH is 1. The van der Waals surface area contributed by atoms with Crippen molar-refractivity contribution in [3.05, 3.63) is 34.3 Å². The molecule has 0 aliphatic heterocycles. The second-order valence-corrected chi connectivity index (χ2v) is 2.26. The van der Waals surface area contributed by atoms with E-state index in [1.165, 1.54) is 6.20 Å². The second kappa shape index (κ2) is 3.33. The molecular formula is C7H5ClN2O. The van der Waals surface area contributed by atoms with Gasteiger partial charge >= 0.3 is 0 Å². The molecule has 0 aliphatic rings. The first-order valence-corrected chi connectivity index (χ1v) is 3.29. The molecule has 0 bridgehead atoms. The number of pyridine rings is 1. The normalized spacial score (nSPS) is 9.18. The van der Waals surface area contributed by atoms with Gasteiger partial charge in [0.25, 0.3) is 5.82 Å². The van der Waals surface area contributed by atoms with E-state index in [4.69, 9.17) is 23.3 Å². The Labute approximate surface area is 69.1 Å². The predicted octanol–water partition coefficient (Wildman–Crippen LogP) is 1.78. The van der Waals surface area contributed by atoms with Crippen LogP contribution in [0.5, 0.6) is 0 Å². The Morgan fingerprint density at radius 1 is 1.73 bits per heavy atom. The Morgan fingerprint density at radius 2 is 2.45 bits per heavy atom. The third-order valence-electron chi connectivity index (χ3n) is 1.23. The number of halogens is 1. The molecule has 0 amide bonds. The standard InChI is InChI=1S/C7H5ClN2O/c1-9-7-6(8)5(4-11)2-3-10-7/h2-3,11H,4H2. The number of rotatable bonds is 1. The maximum Gasteiger partial charge on any atom is 0.288 e. The molecular weight excluding hydrogens is 164 g/mol. The summed E-state index contributed by atoms with van der Waals surface area (Å²) in [5.41, 5.74) is 0.535. The molecule has 0 saturated heterocycles. The molecule has 1 aromatic rings. The summed E-state index contributed by atoms with van der Waals surface area (Å²) in [7, 11) is 0. The van der Waals surface area contributed by atoms with Crippen LogP contribution in [0.3, 0.4) is 0 Å². The topological polar surface area (TPSA) is 37.5 Å². The zero-order valence-corrected chi connectivity index (χ0v) is 6.34. The number of hydrogen-bond donors (Lipinski definition) is 1. The van der Waals surface area contributed by atoms with Gasteiger partial charge < -0.3 is 9.95 Å². The summed E-state index contributed by atoms with van der Waals surface area (Å²) in [6, 6.07) is 1.58. The van der Waals surface area contributed by atoms with Crippen LogP contribution < -0.4 is 0 Å². The van der Waals surface area contributed by atoms with E-state index in [0.717, 1.165) is 0 Å². The quantitative estimate of drug-likeness (QED) is 0.649.